The molecular formula is C18H25BrClFN2O2. The van der Waals surface area contributed by atoms with Gasteiger partial charge in [-0.25, -0.2) is 4.39 Å². The number of piperidine rings is 1. The molecule has 1 saturated heterocycles. The number of nitrogens with one attached hydrogen (secondary N) is 1. The van der Waals surface area contributed by atoms with Gasteiger partial charge in [-0.3, -0.25) is 4.79 Å². The summed E-state index contributed by atoms with van der Waals surface area (Å²) >= 11 is 3.26. The Hall–Kier alpha value is -0.850. The second-order valence-corrected chi connectivity index (χ2v) is 7.64. The second-order valence-electron chi connectivity index (χ2n) is 6.79. The van der Waals surface area contributed by atoms with Crippen molar-refractivity contribution in [3.8, 4) is 5.75 Å². The molecule has 1 aliphatic heterocycles. The molecule has 1 atom stereocenters. The van der Waals surface area contributed by atoms with Gasteiger partial charge >= 0.3 is 0 Å². The molecule has 0 aromatic heterocycles. The van der Waals surface area contributed by atoms with E-state index in [4.69, 9.17) is 4.74 Å². The van der Waals surface area contributed by atoms with Crippen LogP contribution in [0.15, 0.2) is 22.7 Å². The van der Waals surface area contributed by atoms with Crippen LogP contribution in [0.25, 0.3) is 0 Å². The van der Waals surface area contributed by atoms with E-state index in [1.807, 2.05) is 4.90 Å². The number of amides is 1. The monoisotopic (exact) mass is 434 g/mol. The first kappa shape index (κ1) is 20.5. The summed E-state index contributed by atoms with van der Waals surface area (Å²) in [6.45, 7) is 4.39. The third kappa shape index (κ3) is 5.83. The van der Waals surface area contributed by atoms with Gasteiger partial charge in [0.15, 0.2) is 6.10 Å². The van der Waals surface area contributed by atoms with Crippen molar-refractivity contribution >= 4 is 34.2 Å². The first-order valence-electron chi connectivity index (χ1n) is 8.67. The summed E-state index contributed by atoms with van der Waals surface area (Å²) in [5.41, 5.74) is 0. The van der Waals surface area contributed by atoms with Crippen molar-refractivity contribution in [2.45, 2.75) is 44.8 Å². The predicted molar refractivity (Wildman–Crippen MR) is 102 cm³/mol. The van der Waals surface area contributed by atoms with E-state index in [-0.39, 0.29) is 24.1 Å². The van der Waals surface area contributed by atoms with Gasteiger partial charge in [0.05, 0.1) is 4.47 Å². The summed E-state index contributed by atoms with van der Waals surface area (Å²) < 4.78 is 19.3. The molecule has 7 heteroatoms. The molecule has 1 aromatic carbocycles. The van der Waals surface area contributed by atoms with Crippen LogP contribution < -0.4 is 10.1 Å². The first-order chi connectivity index (χ1) is 11.5. The molecule has 1 amide bonds. The number of carbonyl (C=O) groups excluding carboxylic acids is 1. The number of halogens is 3. The highest BCUT2D eigenvalue weighted by Gasteiger charge is 2.28. The van der Waals surface area contributed by atoms with Crippen molar-refractivity contribution in [2.75, 3.05) is 19.6 Å². The minimum absolute atomic E-state index is 0. The molecule has 2 fully saturated rings. The average Bonchev–Trinajstić information content (AvgIpc) is 3.39. The van der Waals surface area contributed by atoms with Gasteiger partial charge in [0, 0.05) is 19.1 Å². The second kappa shape index (κ2) is 9.19. The van der Waals surface area contributed by atoms with Crippen LogP contribution in [0.5, 0.6) is 5.75 Å². The number of ether oxygens (including phenoxy) is 1. The van der Waals surface area contributed by atoms with Crippen LogP contribution in [-0.4, -0.2) is 42.6 Å². The molecule has 4 nitrogen and oxygen atoms in total. The fourth-order valence-electron chi connectivity index (χ4n) is 3.03. The smallest absolute Gasteiger partial charge is 0.263 e. The SMILES string of the molecule is CC(Oc1ccc(F)cc1Br)C(=O)N1CCC(NCC2CC2)CC1.Cl. The van der Waals surface area contributed by atoms with E-state index in [1.54, 1.807) is 6.92 Å². The Bertz CT molecular complexity index is 592. The van der Waals surface area contributed by atoms with Crippen LogP contribution in [0.4, 0.5) is 4.39 Å². The average molecular weight is 436 g/mol. The largest absolute Gasteiger partial charge is 0.480 e. The van der Waals surface area contributed by atoms with Crippen molar-refractivity contribution in [3.63, 3.8) is 0 Å². The van der Waals surface area contributed by atoms with E-state index in [9.17, 15) is 9.18 Å². The van der Waals surface area contributed by atoms with Crippen molar-refractivity contribution < 1.29 is 13.9 Å². The Labute approximate surface area is 163 Å². The molecule has 1 saturated carbocycles. The summed E-state index contributed by atoms with van der Waals surface area (Å²) in [5.74, 6) is 1.02. The number of benzene rings is 1. The van der Waals surface area contributed by atoms with Gasteiger partial charge in [-0.1, -0.05) is 0 Å². The van der Waals surface area contributed by atoms with E-state index in [0.29, 0.717) is 16.3 Å². The fourth-order valence-corrected chi connectivity index (χ4v) is 3.47. The highest BCUT2D eigenvalue weighted by Crippen LogP contribution is 2.28. The van der Waals surface area contributed by atoms with Crippen LogP contribution in [0.1, 0.15) is 32.6 Å². The number of hydrogen-bond acceptors (Lipinski definition) is 3. The van der Waals surface area contributed by atoms with Gasteiger partial charge in [0.25, 0.3) is 5.91 Å². The zero-order valence-corrected chi connectivity index (χ0v) is 16.7. The fraction of sp³-hybridized carbons (Fsp3) is 0.611. The lowest BCUT2D eigenvalue weighted by Gasteiger charge is -2.34. The van der Waals surface area contributed by atoms with Crippen molar-refractivity contribution in [3.05, 3.63) is 28.5 Å². The third-order valence-electron chi connectivity index (χ3n) is 4.74. The molecule has 3 rings (SSSR count). The minimum atomic E-state index is -0.581. The van der Waals surface area contributed by atoms with E-state index < -0.39 is 6.10 Å². The van der Waals surface area contributed by atoms with Crippen LogP contribution in [-0.2, 0) is 4.79 Å². The number of likely N-dealkylation sites (tertiary alicyclic amines) is 1. The predicted octanol–water partition coefficient (Wildman–Crippen LogP) is 3.77. The number of nitrogens with zero attached hydrogens (tertiary/aromatic N) is 1. The van der Waals surface area contributed by atoms with E-state index in [1.165, 1.54) is 31.0 Å². The maximum Gasteiger partial charge on any atom is 0.263 e. The first-order valence-corrected chi connectivity index (χ1v) is 9.46. The standard InChI is InChI=1S/C18H24BrFN2O2.ClH/c1-12(24-17-5-4-14(20)10-16(17)19)18(23)22-8-6-15(7-9-22)21-11-13-2-3-13;/h4-5,10,12-13,15,21H,2-3,6-9,11H2,1H3;1H. The third-order valence-corrected chi connectivity index (χ3v) is 5.36. The number of carbonyl (C=O) groups is 1. The molecular weight excluding hydrogens is 411 g/mol. The van der Waals surface area contributed by atoms with Gasteiger partial charge in [0.2, 0.25) is 0 Å². The quantitative estimate of drug-likeness (QED) is 0.739. The lowest BCUT2D eigenvalue weighted by Crippen LogP contribution is -2.48. The maximum atomic E-state index is 13.1. The Morgan fingerprint density at radius 1 is 1.36 bits per heavy atom. The highest BCUT2D eigenvalue weighted by molar-refractivity contribution is 9.10. The maximum absolute atomic E-state index is 13.1. The molecule has 1 heterocycles. The van der Waals surface area contributed by atoms with Gasteiger partial charge < -0.3 is 15.0 Å². The van der Waals surface area contributed by atoms with E-state index in [0.717, 1.165) is 38.4 Å². The van der Waals surface area contributed by atoms with E-state index >= 15 is 0 Å². The molecule has 0 bridgehead atoms. The topological polar surface area (TPSA) is 41.6 Å². The molecule has 1 aliphatic carbocycles. The minimum Gasteiger partial charge on any atom is -0.480 e. The molecule has 1 unspecified atom stereocenters. The van der Waals surface area contributed by atoms with Crippen molar-refractivity contribution in [1.82, 2.24) is 10.2 Å². The van der Waals surface area contributed by atoms with E-state index in [2.05, 4.69) is 21.2 Å². The molecule has 1 aromatic rings. The molecule has 0 radical (unpaired) electrons. The Morgan fingerprint density at radius 2 is 2.04 bits per heavy atom. The lowest BCUT2D eigenvalue weighted by molar-refractivity contribution is -0.139. The van der Waals surface area contributed by atoms with Crippen LogP contribution in [0.2, 0.25) is 0 Å². The van der Waals surface area contributed by atoms with Crippen molar-refractivity contribution in [2.24, 2.45) is 5.92 Å². The summed E-state index contributed by atoms with van der Waals surface area (Å²) in [5, 5.41) is 3.61. The van der Waals surface area contributed by atoms with Crippen LogP contribution in [0.3, 0.4) is 0 Å². The van der Waals surface area contributed by atoms with Gasteiger partial charge in [-0.2, -0.15) is 0 Å². The lowest BCUT2D eigenvalue weighted by atomic mass is 10.0. The summed E-state index contributed by atoms with van der Waals surface area (Å²) in [4.78, 5) is 14.4. The summed E-state index contributed by atoms with van der Waals surface area (Å²) in [6, 6.07) is 4.73. The Balaban J connectivity index is 0.00000225. The van der Waals surface area contributed by atoms with Gasteiger partial charge in [-0.05, 0) is 79.2 Å². The van der Waals surface area contributed by atoms with Crippen LogP contribution in [0, 0.1) is 11.7 Å². The molecule has 140 valence electrons. The number of rotatable bonds is 6. The summed E-state index contributed by atoms with van der Waals surface area (Å²) in [6.07, 6.45) is 4.12. The molecule has 25 heavy (non-hydrogen) atoms. The highest BCUT2D eigenvalue weighted by atomic mass is 79.9. The molecule has 1 N–H and O–H groups in total. The Kier molecular flexibility index (Phi) is 7.52. The van der Waals surface area contributed by atoms with Gasteiger partial charge in [0.1, 0.15) is 11.6 Å². The van der Waals surface area contributed by atoms with Crippen LogP contribution >= 0.6 is 28.3 Å². The zero-order valence-electron chi connectivity index (χ0n) is 14.3. The number of hydrogen-bond donors (Lipinski definition) is 1. The summed E-state index contributed by atoms with van der Waals surface area (Å²) in [7, 11) is 0. The molecule has 0 spiro atoms. The van der Waals surface area contributed by atoms with Crippen molar-refractivity contribution in [1.29, 1.82) is 0 Å². The molecule has 2 aliphatic rings. The normalized spacial score (nSPS) is 19.2. The van der Waals surface area contributed by atoms with Gasteiger partial charge in [-0.15, -0.1) is 12.4 Å². The Morgan fingerprint density at radius 3 is 2.64 bits per heavy atom. The zero-order chi connectivity index (χ0) is 17.1.